The first-order valence-electron chi connectivity index (χ1n) is 10.2. The van der Waals surface area contributed by atoms with E-state index >= 15 is 0 Å². The van der Waals surface area contributed by atoms with Crippen molar-refractivity contribution in [2.24, 2.45) is 14.1 Å². The lowest BCUT2D eigenvalue weighted by Crippen LogP contribution is -2.37. The average Bonchev–Trinajstić information content (AvgIpc) is 3.12. The molecule has 1 amide bonds. The van der Waals surface area contributed by atoms with Gasteiger partial charge in [0.05, 0.1) is 6.54 Å². The van der Waals surface area contributed by atoms with Gasteiger partial charge in [0.15, 0.2) is 11.2 Å². The number of fused-ring (bicyclic) bond motifs is 1. The Morgan fingerprint density at radius 3 is 2.58 bits per heavy atom. The molecule has 0 aliphatic heterocycles. The van der Waals surface area contributed by atoms with Crippen LogP contribution in [0.1, 0.15) is 31.7 Å². The van der Waals surface area contributed by atoms with E-state index < -0.39 is 17.1 Å². The molecular formula is C21H27FN6O3. The van der Waals surface area contributed by atoms with Crippen LogP contribution in [-0.4, -0.2) is 37.7 Å². The lowest BCUT2D eigenvalue weighted by molar-refractivity contribution is -0.121. The highest BCUT2D eigenvalue weighted by Crippen LogP contribution is 2.19. The minimum atomic E-state index is -0.511. The van der Waals surface area contributed by atoms with Crippen molar-refractivity contribution >= 4 is 23.0 Å². The number of hydrogen-bond donors (Lipinski definition) is 2. The first kappa shape index (κ1) is 22.3. The van der Waals surface area contributed by atoms with E-state index in [4.69, 9.17) is 0 Å². The lowest BCUT2D eigenvalue weighted by Gasteiger charge is -2.12. The summed E-state index contributed by atoms with van der Waals surface area (Å²) in [5.41, 5.74) is -0.222. The summed E-state index contributed by atoms with van der Waals surface area (Å²) in [4.78, 5) is 41.4. The van der Waals surface area contributed by atoms with E-state index in [1.807, 2.05) is 6.92 Å². The van der Waals surface area contributed by atoms with Crippen molar-refractivity contribution in [3.05, 3.63) is 56.5 Å². The lowest BCUT2D eigenvalue weighted by atomic mass is 10.2. The van der Waals surface area contributed by atoms with Gasteiger partial charge in [0.25, 0.3) is 5.56 Å². The molecule has 0 unspecified atom stereocenters. The van der Waals surface area contributed by atoms with Crippen LogP contribution in [0.2, 0.25) is 0 Å². The number of unbranched alkanes of at least 4 members (excludes halogenated alkanes) is 1. The first-order valence-corrected chi connectivity index (χ1v) is 10.2. The number of rotatable bonds is 9. The van der Waals surface area contributed by atoms with Crippen molar-refractivity contribution in [2.45, 2.75) is 32.7 Å². The number of benzene rings is 1. The Morgan fingerprint density at radius 1 is 1.13 bits per heavy atom. The van der Waals surface area contributed by atoms with E-state index in [2.05, 4.69) is 15.6 Å². The number of amides is 1. The maximum atomic E-state index is 14.3. The Labute approximate surface area is 178 Å². The van der Waals surface area contributed by atoms with Gasteiger partial charge in [-0.1, -0.05) is 31.5 Å². The van der Waals surface area contributed by atoms with Gasteiger partial charge in [-0.25, -0.2) is 9.18 Å². The zero-order chi connectivity index (χ0) is 22.5. The zero-order valence-electron chi connectivity index (χ0n) is 17.9. The Morgan fingerprint density at radius 2 is 1.87 bits per heavy atom. The Hall–Kier alpha value is -3.43. The summed E-state index contributed by atoms with van der Waals surface area (Å²) >= 11 is 0. The molecule has 9 nitrogen and oxygen atoms in total. The van der Waals surface area contributed by atoms with E-state index in [0.717, 1.165) is 17.4 Å². The minimum Gasteiger partial charge on any atom is -0.354 e. The standard InChI is InChI=1S/C21H27FN6O3/c1-4-5-10-16(29)23-11-12-24-20-25-18-17(19(30)27(3)21(31)26(18)2)28(20)13-14-8-6-7-9-15(14)22/h6-9H,4-5,10-13H2,1-3H3,(H,23,29)(H,24,25). The van der Waals surface area contributed by atoms with Crippen molar-refractivity contribution < 1.29 is 9.18 Å². The van der Waals surface area contributed by atoms with Gasteiger partial charge >= 0.3 is 5.69 Å². The maximum absolute atomic E-state index is 14.3. The Balaban J connectivity index is 1.94. The summed E-state index contributed by atoms with van der Waals surface area (Å²) in [7, 11) is 2.92. The molecule has 3 rings (SSSR count). The summed E-state index contributed by atoms with van der Waals surface area (Å²) in [5, 5.41) is 5.92. The molecule has 2 N–H and O–H groups in total. The number of aryl methyl sites for hydroxylation is 1. The van der Waals surface area contributed by atoms with Crippen molar-refractivity contribution in [1.82, 2.24) is 24.0 Å². The van der Waals surface area contributed by atoms with Crippen molar-refractivity contribution in [3.63, 3.8) is 0 Å². The molecule has 10 heteroatoms. The largest absolute Gasteiger partial charge is 0.354 e. The molecular weight excluding hydrogens is 403 g/mol. The molecule has 0 atom stereocenters. The zero-order valence-corrected chi connectivity index (χ0v) is 17.9. The second kappa shape index (κ2) is 9.59. The SMILES string of the molecule is CCCCC(=O)NCCNc1nc2c(c(=O)n(C)c(=O)n2C)n1Cc1ccccc1F. The Bertz CT molecular complexity index is 1210. The summed E-state index contributed by atoms with van der Waals surface area (Å²) in [6.45, 7) is 2.80. The van der Waals surface area contributed by atoms with E-state index in [1.54, 1.807) is 22.8 Å². The summed E-state index contributed by atoms with van der Waals surface area (Å²) in [6.07, 6.45) is 2.24. The van der Waals surface area contributed by atoms with Gasteiger partial charge in [-0.2, -0.15) is 4.98 Å². The molecule has 0 saturated carbocycles. The molecule has 166 valence electrons. The van der Waals surface area contributed by atoms with Crippen LogP contribution < -0.4 is 21.9 Å². The molecule has 0 spiro atoms. The third-order valence-corrected chi connectivity index (χ3v) is 5.12. The molecule has 0 bridgehead atoms. The number of halogens is 1. The fourth-order valence-electron chi connectivity index (χ4n) is 3.33. The second-order valence-corrected chi connectivity index (χ2v) is 7.37. The molecule has 31 heavy (non-hydrogen) atoms. The number of aromatic nitrogens is 4. The molecule has 0 fully saturated rings. The summed E-state index contributed by atoms with van der Waals surface area (Å²) in [6, 6.07) is 6.28. The topological polar surface area (TPSA) is 103 Å². The molecule has 0 aliphatic carbocycles. The molecule has 2 aromatic heterocycles. The normalized spacial score (nSPS) is 11.1. The van der Waals surface area contributed by atoms with Crippen LogP contribution in [0.25, 0.3) is 11.2 Å². The van der Waals surface area contributed by atoms with Crippen molar-refractivity contribution in [1.29, 1.82) is 0 Å². The van der Waals surface area contributed by atoms with Crippen LogP contribution in [0.4, 0.5) is 10.3 Å². The fourth-order valence-corrected chi connectivity index (χ4v) is 3.33. The number of anilines is 1. The minimum absolute atomic E-state index is 0.0280. The monoisotopic (exact) mass is 430 g/mol. The van der Waals surface area contributed by atoms with Gasteiger partial charge in [0, 0.05) is 39.2 Å². The predicted molar refractivity (Wildman–Crippen MR) is 117 cm³/mol. The van der Waals surface area contributed by atoms with Crippen LogP contribution in [-0.2, 0) is 25.4 Å². The molecule has 0 aliphatic rings. The van der Waals surface area contributed by atoms with Crippen LogP contribution >= 0.6 is 0 Å². The van der Waals surface area contributed by atoms with Gasteiger partial charge in [-0.3, -0.25) is 23.3 Å². The second-order valence-electron chi connectivity index (χ2n) is 7.37. The number of carbonyl (C=O) groups excluding carboxylic acids is 1. The molecule has 3 aromatic rings. The highest BCUT2D eigenvalue weighted by Gasteiger charge is 2.20. The number of carbonyl (C=O) groups is 1. The molecule has 2 heterocycles. The quantitative estimate of drug-likeness (QED) is 0.499. The average molecular weight is 430 g/mol. The van der Waals surface area contributed by atoms with E-state index in [-0.39, 0.29) is 23.6 Å². The molecule has 1 aromatic carbocycles. The van der Waals surface area contributed by atoms with Crippen LogP contribution in [0.5, 0.6) is 0 Å². The van der Waals surface area contributed by atoms with Gasteiger partial charge in [-0.15, -0.1) is 0 Å². The van der Waals surface area contributed by atoms with Crippen LogP contribution in [0, 0.1) is 5.82 Å². The number of hydrogen-bond acceptors (Lipinski definition) is 5. The van der Waals surface area contributed by atoms with Crippen LogP contribution in [0.15, 0.2) is 33.9 Å². The highest BCUT2D eigenvalue weighted by atomic mass is 19.1. The summed E-state index contributed by atoms with van der Waals surface area (Å²) < 4.78 is 18.1. The summed E-state index contributed by atoms with van der Waals surface area (Å²) in [5.74, 6) is -0.112. The van der Waals surface area contributed by atoms with Crippen LogP contribution in [0.3, 0.4) is 0 Å². The predicted octanol–water partition coefficient (Wildman–Crippen LogP) is 1.34. The Kier molecular flexibility index (Phi) is 6.88. The van der Waals surface area contributed by atoms with Crippen molar-refractivity contribution in [2.75, 3.05) is 18.4 Å². The van der Waals surface area contributed by atoms with E-state index in [9.17, 15) is 18.8 Å². The third-order valence-electron chi connectivity index (χ3n) is 5.12. The highest BCUT2D eigenvalue weighted by molar-refractivity contribution is 5.76. The third kappa shape index (κ3) is 4.68. The van der Waals surface area contributed by atoms with Crippen molar-refractivity contribution in [3.8, 4) is 0 Å². The van der Waals surface area contributed by atoms with Gasteiger partial charge in [0.1, 0.15) is 5.82 Å². The van der Waals surface area contributed by atoms with Gasteiger partial charge in [0.2, 0.25) is 11.9 Å². The van der Waals surface area contributed by atoms with Gasteiger partial charge in [-0.05, 0) is 12.5 Å². The number of imidazole rings is 1. The van der Waals surface area contributed by atoms with E-state index in [0.29, 0.717) is 31.0 Å². The number of nitrogens with one attached hydrogen (secondary N) is 2. The maximum Gasteiger partial charge on any atom is 0.332 e. The first-order chi connectivity index (χ1) is 14.8. The smallest absolute Gasteiger partial charge is 0.332 e. The number of nitrogens with zero attached hydrogens (tertiary/aromatic N) is 4. The fraction of sp³-hybridized carbons (Fsp3) is 0.429. The van der Waals surface area contributed by atoms with Gasteiger partial charge < -0.3 is 10.6 Å². The van der Waals surface area contributed by atoms with E-state index in [1.165, 1.54) is 24.7 Å². The molecule has 0 saturated heterocycles. The molecule has 0 radical (unpaired) electrons.